The molecule has 24 heavy (non-hydrogen) atoms. The number of carbonyl (C=O) groups excluding carboxylic acids is 1. The van der Waals surface area contributed by atoms with Gasteiger partial charge in [0.15, 0.2) is 0 Å². The van der Waals surface area contributed by atoms with Gasteiger partial charge in [-0.05, 0) is 48.9 Å². The Balaban J connectivity index is 1.67. The van der Waals surface area contributed by atoms with Crippen molar-refractivity contribution in [2.24, 2.45) is 0 Å². The molecular formula is C19H19N3OS. The second-order valence-electron chi connectivity index (χ2n) is 5.72. The molecule has 122 valence electrons. The van der Waals surface area contributed by atoms with Gasteiger partial charge in [0.1, 0.15) is 0 Å². The van der Waals surface area contributed by atoms with Gasteiger partial charge in [-0.3, -0.25) is 4.79 Å². The Morgan fingerprint density at radius 2 is 1.92 bits per heavy atom. The first-order valence-electron chi connectivity index (χ1n) is 7.65. The number of aromatic nitrogens is 1. The molecule has 0 aliphatic rings. The van der Waals surface area contributed by atoms with E-state index in [1.807, 2.05) is 74.5 Å². The van der Waals surface area contributed by atoms with Crippen molar-refractivity contribution in [2.45, 2.75) is 6.92 Å². The number of anilines is 2. The second-order valence-corrected chi connectivity index (χ2v) is 6.96. The standard InChI is InChI=1S/C19H19N3OS/c1-13-20-17-10-7-15(12-18(17)24-13)21-19(23)11-6-14-4-8-16(9-5-14)22(2)3/h4-12H,1-3H3,(H,21,23)/b11-6+. The van der Waals surface area contributed by atoms with Crippen LogP contribution in [0.5, 0.6) is 0 Å². The Labute approximate surface area is 145 Å². The molecule has 5 heteroatoms. The van der Waals surface area contributed by atoms with E-state index in [2.05, 4.69) is 10.3 Å². The molecule has 0 atom stereocenters. The van der Waals surface area contributed by atoms with Crippen LogP contribution in [0.3, 0.4) is 0 Å². The second kappa shape index (κ2) is 6.84. The van der Waals surface area contributed by atoms with Crippen LogP contribution in [0, 0.1) is 6.92 Å². The fourth-order valence-corrected chi connectivity index (χ4v) is 3.22. The summed E-state index contributed by atoms with van der Waals surface area (Å²) in [6, 6.07) is 13.8. The molecule has 0 saturated heterocycles. The number of thiazole rings is 1. The number of hydrogen-bond acceptors (Lipinski definition) is 4. The molecule has 3 rings (SSSR count). The summed E-state index contributed by atoms with van der Waals surface area (Å²) in [6.45, 7) is 1.98. The van der Waals surface area contributed by atoms with Gasteiger partial charge in [-0.2, -0.15) is 0 Å². The van der Waals surface area contributed by atoms with Crippen LogP contribution in [0.1, 0.15) is 10.6 Å². The molecule has 0 radical (unpaired) electrons. The van der Waals surface area contributed by atoms with Gasteiger partial charge < -0.3 is 10.2 Å². The average molecular weight is 337 g/mol. The summed E-state index contributed by atoms with van der Waals surface area (Å²) in [6.07, 6.45) is 3.36. The van der Waals surface area contributed by atoms with E-state index in [1.165, 1.54) is 0 Å². The molecule has 2 aromatic carbocycles. The maximum absolute atomic E-state index is 12.1. The molecule has 0 saturated carbocycles. The zero-order chi connectivity index (χ0) is 17.1. The van der Waals surface area contributed by atoms with Gasteiger partial charge in [0, 0.05) is 31.5 Å². The van der Waals surface area contributed by atoms with Gasteiger partial charge in [0.2, 0.25) is 5.91 Å². The van der Waals surface area contributed by atoms with Crippen molar-refractivity contribution in [3.63, 3.8) is 0 Å². The van der Waals surface area contributed by atoms with Crippen LogP contribution in [-0.4, -0.2) is 25.0 Å². The molecule has 0 bridgehead atoms. The first kappa shape index (κ1) is 16.2. The fraction of sp³-hybridized carbons (Fsp3) is 0.158. The Hall–Kier alpha value is -2.66. The van der Waals surface area contributed by atoms with Crippen LogP contribution < -0.4 is 10.2 Å². The van der Waals surface area contributed by atoms with Crippen molar-refractivity contribution < 1.29 is 4.79 Å². The Morgan fingerprint density at radius 1 is 1.17 bits per heavy atom. The lowest BCUT2D eigenvalue weighted by molar-refractivity contribution is -0.111. The van der Waals surface area contributed by atoms with Crippen LogP contribution in [0.2, 0.25) is 0 Å². The molecule has 0 aliphatic heterocycles. The van der Waals surface area contributed by atoms with E-state index in [1.54, 1.807) is 17.4 Å². The molecule has 0 fully saturated rings. The van der Waals surface area contributed by atoms with Gasteiger partial charge in [-0.25, -0.2) is 4.98 Å². The minimum Gasteiger partial charge on any atom is -0.378 e. The number of carbonyl (C=O) groups is 1. The van der Waals surface area contributed by atoms with Gasteiger partial charge in [0.25, 0.3) is 0 Å². The summed E-state index contributed by atoms with van der Waals surface area (Å²) in [5.74, 6) is -0.146. The maximum Gasteiger partial charge on any atom is 0.248 e. The van der Waals surface area contributed by atoms with Crippen molar-refractivity contribution in [1.29, 1.82) is 0 Å². The Morgan fingerprint density at radius 3 is 2.62 bits per heavy atom. The number of hydrogen-bond donors (Lipinski definition) is 1. The number of amides is 1. The molecule has 1 amide bonds. The van der Waals surface area contributed by atoms with Crippen molar-refractivity contribution in [2.75, 3.05) is 24.3 Å². The average Bonchev–Trinajstić information content (AvgIpc) is 2.92. The molecule has 4 nitrogen and oxygen atoms in total. The van der Waals surface area contributed by atoms with Crippen molar-refractivity contribution in [1.82, 2.24) is 4.98 Å². The molecule has 0 spiro atoms. The summed E-state index contributed by atoms with van der Waals surface area (Å²) in [5.41, 5.74) is 3.87. The zero-order valence-electron chi connectivity index (χ0n) is 13.9. The van der Waals surface area contributed by atoms with Gasteiger partial charge in [-0.15, -0.1) is 11.3 Å². The minimum atomic E-state index is -0.146. The third-order valence-corrected chi connectivity index (χ3v) is 4.53. The number of nitrogens with one attached hydrogen (secondary N) is 1. The van der Waals surface area contributed by atoms with E-state index in [0.717, 1.165) is 32.2 Å². The predicted octanol–water partition coefficient (Wildman–Crippen LogP) is 4.32. The van der Waals surface area contributed by atoms with E-state index >= 15 is 0 Å². The predicted molar refractivity (Wildman–Crippen MR) is 103 cm³/mol. The van der Waals surface area contributed by atoms with E-state index < -0.39 is 0 Å². The minimum absolute atomic E-state index is 0.146. The number of aryl methyl sites for hydroxylation is 1. The number of nitrogens with zero attached hydrogens (tertiary/aromatic N) is 2. The third-order valence-electron chi connectivity index (χ3n) is 3.60. The Kier molecular flexibility index (Phi) is 4.62. The van der Waals surface area contributed by atoms with Crippen LogP contribution in [0.25, 0.3) is 16.3 Å². The quantitative estimate of drug-likeness (QED) is 0.721. The van der Waals surface area contributed by atoms with Crippen molar-refractivity contribution in [3.8, 4) is 0 Å². The Bertz CT molecular complexity index is 895. The SMILES string of the molecule is Cc1nc2ccc(NC(=O)/C=C/c3ccc(N(C)C)cc3)cc2s1. The van der Waals surface area contributed by atoms with Crippen LogP contribution >= 0.6 is 11.3 Å². The highest BCUT2D eigenvalue weighted by atomic mass is 32.1. The number of benzene rings is 2. The zero-order valence-corrected chi connectivity index (χ0v) is 14.7. The smallest absolute Gasteiger partial charge is 0.248 e. The van der Waals surface area contributed by atoms with Gasteiger partial charge >= 0.3 is 0 Å². The summed E-state index contributed by atoms with van der Waals surface area (Å²) in [7, 11) is 4.00. The molecule has 0 unspecified atom stereocenters. The lowest BCUT2D eigenvalue weighted by Crippen LogP contribution is -2.08. The third kappa shape index (κ3) is 3.81. The van der Waals surface area contributed by atoms with E-state index in [4.69, 9.17) is 0 Å². The highest BCUT2D eigenvalue weighted by molar-refractivity contribution is 7.18. The monoisotopic (exact) mass is 337 g/mol. The topological polar surface area (TPSA) is 45.2 Å². The van der Waals surface area contributed by atoms with E-state index in [-0.39, 0.29) is 5.91 Å². The van der Waals surface area contributed by atoms with Crippen molar-refractivity contribution >= 4 is 44.9 Å². The largest absolute Gasteiger partial charge is 0.378 e. The summed E-state index contributed by atoms with van der Waals surface area (Å²) < 4.78 is 1.08. The highest BCUT2D eigenvalue weighted by Gasteiger charge is 2.03. The first-order valence-corrected chi connectivity index (χ1v) is 8.46. The number of fused-ring (bicyclic) bond motifs is 1. The molecule has 1 N–H and O–H groups in total. The van der Waals surface area contributed by atoms with Gasteiger partial charge in [-0.1, -0.05) is 12.1 Å². The summed E-state index contributed by atoms with van der Waals surface area (Å²) in [4.78, 5) is 18.5. The number of rotatable bonds is 4. The summed E-state index contributed by atoms with van der Waals surface area (Å²) in [5, 5.41) is 3.91. The van der Waals surface area contributed by atoms with E-state index in [0.29, 0.717) is 0 Å². The fourth-order valence-electron chi connectivity index (χ4n) is 2.36. The summed E-state index contributed by atoms with van der Waals surface area (Å²) >= 11 is 1.62. The molecule has 3 aromatic rings. The first-order chi connectivity index (χ1) is 11.5. The lowest BCUT2D eigenvalue weighted by atomic mass is 10.2. The van der Waals surface area contributed by atoms with Crippen LogP contribution in [0.15, 0.2) is 48.5 Å². The normalized spacial score (nSPS) is 11.1. The van der Waals surface area contributed by atoms with Crippen LogP contribution in [0.4, 0.5) is 11.4 Å². The molecule has 1 heterocycles. The van der Waals surface area contributed by atoms with Crippen LogP contribution in [-0.2, 0) is 4.79 Å². The molecule has 0 aliphatic carbocycles. The maximum atomic E-state index is 12.1. The van der Waals surface area contributed by atoms with Crippen molar-refractivity contribution in [3.05, 3.63) is 59.1 Å². The molecule has 1 aromatic heterocycles. The lowest BCUT2D eigenvalue weighted by Gasteiger charge is -2.11. The van der Waals surface area contributed by atoms with Gasteiger partial charge in [0.05, 0.1) is 15.2 Å². The highest BCUT2D eigenvalue weighted by Crippen LogP contribution is 2.24. The van der Waals surface area contributed by atoms with E-state index in [9.17, 15) is 4.79 Å². The molecular weight excluding hydrogens is 318 g/mol.